The van der Waals surface area contributed by atoms with Gasteiger partial charge in [-0.15, -0.1) is 0 Å². The number of halogens is 1. The van der Waals surface area contributed by atoms with Crippen molar-refractivity contribution in [1.29, 1.82) is 0 Å². The van der Waals surface area contributed by atoms with Crippen molar-refractivity contribution in [3.8, 4) is 0 Å². The van der Waals surface area contributed by atoms with E-state index in [0.29, 0.717) is 5.56 Å². The van der Waals surface area contributed by atoms with E-state index >= 15 is 0 Å². The van der Waals surface area contributed by atoms with Gasteiger partial charge in [0.1, 0.15) is 11.9 Å². The molecule has 1 aromatic heterocycles. The minimum absolute atomic E-state index is 0.308. The van der Waals surface area contributed by atoms with Crippen LogP contribution in [-0.2, 0) is 11.2 Å². The normalized spacial score (nSPS) is 12.5. The summed E-state index contributed by atoms with van der Waals surface area (Å²) in [6.45, 7) is 11.1. The first-order chi connectivity index (χ1) is 13.9. The fraction of sp³-hybridized carbons (Fsp3) is 0.375. The standard InChI is InChI=1S/C24H29FN2O2/c1-5-27(6-2)14-13-18-7-12-22-21(15-18)23(16(3)26-22)24(28)29-17(4)19-8-10-20(25)11-9-19/h7-12,15,17,26H,5-6,13-14H2,1-4H3/t17-/m0/s1. The third-order valence-corrected chi connectivity index (χ3v) is 5.49. The van der Waals surface area contributed by atoms with Crippen molar-refractivity contribution in [1.82, 2.24) is 9.88 Å². The quantitative estimate of drug-likeness (QED) is 0.517. The minimum atomic E-state index is -0.460. The van der Waals surface area contributed by atoms with Crippen molar-refractivity contribution >= 4 is 16.9 Å². The second-order valence-corrected chi connectivity index (χ2v) is 7.38. The smallest absolute Gasteiger partial charge is 0.341 e. The Balaban J connectivity index is 1.81. The van der Waals surface area contributed by atoms with Crippen LogP contribution < -0.4 is 0 Å². The topological polar surface area (TPSA) is 45.3 Å². The predicted octanol–water partition coefficient (Wildman–Crippen LogP) is 5.42. The van der Waals surface area contributed by atoms with E-state index in [0.717, 1.165) is 48.2 Å². The zero-order chi connectivity index (χ0) is 21.0. The zero-order valence-corrected chi connectivity index (χ0v) is 17.6. The van der Waals surface area contributed by atoms with Crippen LogP contribution in [0.15, 0.2) is 42.5 Å². The molecule has 0 bridgehead atoms. The molecular weight excluding hydrogens is 367 g/mol. The second-order valence-electron chi connectivity index (χ2n) is 7.38. The first-order valence-corrected chi connectivity index (χ1v) is 10.2. The van der Waals surface area contributed by atoms with Gasteiger partial charge in [-0.3, -0.25) is 0 Å². The summed E-state index contributed by atoms with van der Waals surface area (Å²) in [5, 5.41) is 0.885. The molecule has 0 aliphatic carbocycles. The van der Waals surface area contributed by atoms with Crippen molar-refractivity contribution in [3.63, 3.8) is 0 Å². The lowest BCUT2D eigenvalue weighted by Crippen LogP contribution is -2.25. The van der Waals surface area contributed by atoms with Crippen molar-refractivity contribution in [2.75, 3.05) is 19.6 Å². The Morgan fingerprint density at radius 2 is 1.83 bits per heavy atom. The molecule has 1 heterocycles. The molecule has 0 saturated carbocycles. The molecule has 0 saturated heterocycles. The van der Waals surface area contributed by atoms with Gasteiger partial charge in [0.05, 0.1) is 5.56 Å². The number of hydrogen-bond donors (Lipinski definition) is 1. The van der Waals surface area contributed by atoms with Crippen molar-refractivity contribution in [2.45, 2.75) is 40.2 Å². The average Bonchev–Trinajstić information content (AvgIpc) is 3.04. The number of H-pyrrole nitrogens is 1. The van der Waals surface area contributed by atoms with Crippen LogP contribution in [0.4, 0.5) is 4.39 Å². The molecule has 5 heteroatoms. The summed E-state index contributed by atoms with van der Waals surface area (Å²) in [7, 11) is 0. The highest BCUT2D eigenvalue weighted by Gasteiger charge is 2.21. The van der Waals surface area contributed by atoms with Gasteiger partial charge in [0.2, 0.25) is 0 Å². The van der Waals surface area contributed by atoms with Crippen LogP contribution in [0.25, 0.3) is 10.9 Å². The van der Waals surface area contributed by atoms with Crippen LogP contribution in [0.1, 0.15) is 54.1 Å². The van der Waals surface area contributed by atoms with Gasteiger partial charge >= 0.3 is 5.97 Å². The van der Waals surface area contributed by atoms with Crippen molar-refractivity contribution < 1.29 is 13.9 Å². The number of benzene rings is 2. The molecule has 0 amide bonds. The summed E-state index contributed by atoms with van der Waals surface area (Å²) in [4.78, 5) is 18.6. The predicted molar refractivity (Wildman–Crippen MR) is 115 cm³/mol. The summed E-state index contributed by atoms with van der Waals surface area (Å²) in [5.74, 6) is -0.677. The van der Waals surface area contributed by atoms with E-state index in [1.807, 2.05) is 13.0 Å². The van der Waals surface area contributed by atoms with Crippen molar-refractivity contribution in [3.05, 3.63) is 70.7 Å². The third kappa shape index (κ3) is 4.85. The molecule has 0 aliphatic heterocycles. The Kier molecular flexibility index (Phi) is 6.70. The van der Waals surface area contributed by atoms with Gasteiger partial charge in [-0.25, -0.2) is 9.18 Å². The summed E-state index contributed by atoms with van der Waals surface area (Å²) >= 11 is 0. The van der Waals surface area contributed by atoms with Crippen LogP contribution in [-0.4, -0.2) is 35.5 Å². The largest absolute Gasteiger partial charge is 0.454 e. The average molecular weight is 397 g/mol. The number of nitrogens with zero attached hydrogens (tertiary/aromatic N) is 1. The second kappa shape index (κ2) is 9.23. The highest BCUT2D eigenvalue weighted by molar-refractivity contribution is 6.05. The summed E-state index contributed by atoms with van der Waals surface area (Å²) < 4.78 is 18.8. The number of ether oxygens (including phenoxy) is 1. The number of carbonyl (C=O) groups is 1. The summed E-state index contributed by atoms with van der Waals surface area (Å²) in [5.41, 5.74) is 4.24. The van der Waals surface area contributed by atoms with Gasteiger partial charge in [0, 0.05) is 23.1 Å². The first-order valence-electron chi connectivity index (χ1n) is 10.2. The Bertz CT molecular complexity index is 974. The molecule has 0 fully saturated rings. The van der Waals surface area contributed by atoms with Gasteiger partial charge in [0.15, 0.2) is 0 Å². The molecule has 0 spiro atoms. The number of fused-ring (bicyclic) bond motifs is 1. The lowest BCUT2D eigenvalue weighted by Gasteiger charge is -2.17. The molecule has 0 radical (unpaired) electrons. The molecule has 1 atom stereocenters. The molecule has 0 unspecified atom stereocenters. The maximum atomic E-state index is 13.1. The number of carbonyl (C=O) groups excluding carboxylic acids is 1. The van der Waals surface area contributed by atoms with Gasteiger partial charge in [-0.1, -0.05) is 32.0 Å². The Hall–Kier alpha value is -2.66. The van der Waals surface area contributed by atoms with Gasteiger partial charge in [-0.2, -0.15) is 0 Å². The van der Waals surface area contributed by atoms with E-state index in [-0.39, 0.29) is 11.8 Å². The number of likely N-dealkylation sites (N-methyl/N-ethyl adjacent to an activating group) is 1. The lowest BCUT2D eigenvalue weighted by atomic mass is 10.1. The van der Waals surface area contributed by atoms with E-state index in [9.17, 15) is 9.18 Å². The number of rotatable bonds is 8. The van der Waals surface area contributed by atoms with E-state index in [2.05, 4.69) is 35.9 Å². The number of nitrogens with one attached hydrogen (secondary N) is 1. The number of aromatic nitrogens is 1. The monoisotopic (exact) mass is 396 g/mol. The number of aryl methyl sites for hydroxylation is 1. The molecule has 2 aromatic carbocycles. The van der Waals surface area contributed by atoms with Gasteiger partial charge in [0.25, 0.3) is 0 Å². The number of hydrogen-bond acceptors (Lipinski definition) is 3. The highest BCUT2D eigenvalue weighted by Crippen LogP contribution is 2.27. The molecular formula is C24H29FN2O2. The van der Waals surface area contributed by atoms with Crippen LogP contribution in [0.2, 0.25) is 0 Å². The number of aromatic amines is 1. The van der Waals surface area contributed by atoms with Crippen molar-refractivity contribution in [2.24, 2.45) is 0 Å². The third-order valence-electron chi connectivity index (χ3n) is 5.49. The van der Waals surface area contributed by atoms with Gasteiger partial charge in [-0.05, 0) is 68.8 Å². The molecule has 3 aromatic rings. The molecule has 4 nitrogen and oxygen atoms in total. The molecule has 154 valence electrons. The Morgan fingerprint density at radius 1 is 1.14 bits per heavy atom. The van der Waals surface area contributed by atoms with E-state index in [4.69, 9.17) is 4.74 Å². The van der Waals surface area contributed by atoms with E-state index < -0.39 is 6.10 Å². The molecule has 0 aliphatic rings. The van der Waals surface area contributed by atoms with Gasteiger partial charge < -0.3 is 14.6 Å². The Labute approximate surface area is 171 Å². The summed E-state index contributed by atoms with van der Waals surface area (Å²) in [6.07, 6.45) is 0.473. The van der Waals surface area contributed by atoms with Crippen LogP contribution in [0, 0.1) is 12.7 Å². The Morgan fingerprint density at radius 3 is 2.48 bits per heavy atom. The minimum Gasteiger partial charge on any atom is -0.454 e. The van der Waals surface area contributed by atoms with E-state index in [1.54, 1.807) is 19.1 Å². The van der Waals surface area contributed by atoms with Crippen LogP contribution in [0.5, 0.6) is 0 Å². The SMILES string of the molecule is CCN(CC)CCc1ccc2[nH]c(C)c(C(=O)O[C@@H](C)c3ccc(F)cc3)c2c1. The molecule has 1 N–H and O–H groups in total. The summed E-state index contributed by atoms with van der Waals surface area (Å²) in [6, 6.07) is 12.2. The fourth-order valence-electron chi connectivity index (χ4n) is 3.64. The number of esters is 1. The maximum Gasteiger partial charge on any atom is 0.341 e. The molecule has 29 heavy (non-hydrogen) atoms. The zero-order valence-electron chi connectivity index (χ0n) is 17.6. The fourth-order valence-corrected chi connectivity index (χ4v) is 3.64. The highest BCUT2D eigenvalue weighted by atomic mass is 19.1. The first kappa shape index (κ1) is 21.1. The molecule has 3 rings (SSSR count). The lowest BCUT2D eigenvalue weighted by molar-refractivity contribution is 0.0339. The maximum absolute atomic E-state index is 13.1. The van der Waals surface area contributed by atoms with Crippen LogP contribution in [0.3, 0.4) is 0 Å². The van der Waals surface area contributed by atoms with Crippen LogP contribution >= 0.6 is 0 Å². The van der Waals surface area contributed by atoms with E-state index in [1.165, 1.54) is 17.7 Å².